The summed E-state index contributed by atoms with van der Waals surface area (Å²) >= 11 is 0. The zero-order valence-corrected chi connectivity index (χ0v) is 7.88. The Morgan fingerprint density at radius 1 is 1.20 bits per heavy atom. The zero-order chi connectivity index (χ0) is 11.8. The number of esters is 2. The van der Waals surface area contributed by atoms with E-state index in [0.717, 1.165) is 24.3 Å². The van der Waals surface area contributed by atoms with Gasteiger partial charge in [-0.3, -0.25) is 4.79 Å². The molecule has 0 aliphatic carbocycles. The van der Waals surface area contributed by atoms with Crippen LogP contribution in [0.3, 0.4) is 0 Å². The lowest BCUT2D eigenvalue weighted by atomic mass is 10.1. The smallest absolute Gasteiger partial charge is 0.338 e. The fourth-order valence-electron chi connectivity index (χ4n) is 0.619. The topological polar surface area (TPSA) is 80.7 Å². The lowest BCUT2D eigenvalue weighted by molar-refractivity contribution is -0.152. The lowest BCUT2D eigenvalue weighted by Crippen LogP contribution is -2.10. The predicted molar refractivity (Wildman–Crippen MR) is 51.8 cm³/mol. The average molecular weight is 210 g/mol. The Morgan fingerprint density at radius 3 is 2.20 bits per heavy atom. The molecule has 0 heterocycles. The minimum absolute atomic E-state index is 0.827. The predicted octanol–water partition coefficient (Wildman–Crippen LogP) is 0.685. The number of carbonyl (C=O) groups excluding carboxylic acids is 2. The number of rotatable bonds is 5. The van der Waals surface area contributed by atoms with E-state index in [9.17, 15) is 14.4 Å². The molecule has 0 rings (SSSR count). The summed E-state index contributed by atoms with van der Waals surface area (Å²) in [7, 11) is 0. The van der Waals surface area contributed by atoms with Crippen LogP contribution in [0.2, 0.25) is 0 Å². The van der Waals surface area contributed by atoms with Crippen LogP contribution in [-0.4, -0.2) is 23.0 Å². The summed E-state index contributed by atoms with van der Waals surface area (Å²) in [5.41, 5.74) is 0. The molecule has 0 aromatic heterocycles. The summed E-state index contributed by atoms with van der Waals surface area (Å²) in [6.45, 7) is 6.36. The number of ether oxygens (including phenoxy) is 1. The number of carboxylic acids is 1. The van der Waals surface area contributed by atoms with E-state index in [1.165, 1.54) is 0 Å². The Bertz CT molecular complexity index is 327. The molecule has 0 aliphatic heterocycles. The van der Waals surface area contributed by atoms with Crippen LogP contribution in [0.1, 0.15) is 0 Å². The number of carbonyl (C=O) groups is 3. The third kappa shape index (κ3) is 5.20. The molecule has 1 N–H and O–H groups in total. The van der Waals surface area contributed by atoms with Crippen LogP contribution in [-0.2, 0) is 19.1 Å². The molecule has 0 fully saturated rings. The van der Waals surface area contributed by atoms with Gasteiger partial charge in [0, 0.05) is 12.2 Å². The van der Waals surface area contributed by atoms with Gasteiger partial charge in [-0.25, -0.2) is 9.59 Å². The third-order valence-electron chi connectivity index (χ3n) is 1.35. The second kappa shape index (κ2) is 6.31. The highest BCUT2D eigenvalue weighted by Crippen LogP contribution is 2.00. The van der Waals surface area contributed by atoms with Gasteiger partial charge in [0.05, 0.1) is 5.92 Å². The van der Waals surface area contributed by atoms with Gasteiger partial charge in [0.2, 0.25) is 0 Å². The van der Waals surface area contributed by atoms with E-state index in [2.05, 4.69) is 17.9 Å². The van der Waals surface area contributed by atoms with Crippen molar-refractivity contribution in [3.63, 3.8) is 0 Å². The molecule has 5 heteroatoms. The third-order valence-corrected chi connectivity index (χ3v) is 1.35. The first-order valence-electron chi connectivity index (χ1n) is 3.93. The molecule has 0 saturated carbocycles. The molecule has 0 aliphatic rings. The summed E-state index contributed by atoms with van der Waals surface area (Å²) in [4.78, 5) is 31.9. The normalized spacial score (nSPS) is 11.7. The van der Waals surface area contributed by atoms with E-state index >= 15 is 0 Å². The average Bonchev–Trinajstić information content (AvgIpc) is 2.17. The summed E-state index contributed by atoms with van der Waals surface area (Å²) < 4.78 is 4.16. The molecule has 0 saturated heterocycles. The first-order chi connectivity index (χ1) is 7.01. The van der Waals surface area contributed by atoms with Gasteiger partial charge in [-0.1, -0.05) is 18.7 Å². The highest BCUT2D eigenvalue weighted by atomic mass is 16.6. The van der Waals surface area contributed by atoms with Crippen molar-refractivity contribution in [2.75, 3.05) is 0 Å². The number of carboxylic acid groups (broad SMARTS) is 1. The molecule has 0 spiro atoms. The van der Waals surface area contributed by atoms with Crippen molar-refractivity contribution in [3.05, 3.63) is 37.5 Å². The number of aliphatic carboxylic acids is 1. The maximum Gasteiger partial charge on any atom is 0.338 e. The van der Waals surface area contributed by atoms with E-state index < -0.39 is 23.8 Å². The van der Waals surface area contributed by atoms with E-state index in [0.29, 0.717) is 0 Å². The molecule has 0 bridgehead atoms. The molecule has 15 heavy (non-hydrogen) atoms. The molecule has 1 unspecified atom stereocenters. The Morgan fingerprint density at radius 2 is 1.80 bits per heavy atom. The standard InChI is InChI=1S/C10H10O5/c1-3-7(10(13)14)5-6-9(12)15-8(11)4-2/h3-7H,1-2H2,(H,13,14). The first-order valence-corrected chi connectivity index (χ1v) is 3.93. The molecular formula is C10H10O5. The van der Waals surface area contributed by atoms with Crippen molar-refractivity contribution in [3.8, 4) is 0 Å². The fraction of sp³-hybridized carbons (Fsp3) is 0.100. The second-order valence-electron chi connectivity index (χ2n) is 2.40. The van der Waals surface area contributed by atoms with Gasteiger partial charge < -0.3 is 9.84 Å². The van der Waals surface area contributed by atoms with Gasteiger partial charge >= 0.3 is 17.9 Å². The van der Waals surface area contributed by atoms with Crippen LogP contribution < -0.4 is 0 Å². The molecule has 5 nitrogen and oxygen atoms in total. The van der Waals surface area contributed by atoms with Crippen LogP contribution >= 0.6 is 0 Å². The molecule has 1 atom stereocenters. The van der Waals surface area contributed by atoms with Crippen molar-refractivity contribution in [2.45, 2.75) is 0 Å². The zero-order valence-electron chi connectivity index (χ0n) is 7.88. The van der Waals surface area contributed by atoms with E-state index in [4.69, 9.17) is 5.11 Å². The Kier molecular flexibility index (Phi) is 5.40. The molecular weight excluding hydrogens is 200 g/mol. The maximum atomic E-state index is 10.9. The maximum absolute atomic E-state index is 10.9. The molecule has 0 aromatic carbocycles. The minimum Gasteiger partial charge on any atom is -0.481 e. The van der Waals surface area contributed by atoms with Gasteiger partial charge in [-0.05, 0) is 0 Å². The van der Waals surface area contributed by atoms with Crippen LogP contribution in [0.15, 0.2) is 37.5 Å². The van der Waals surface area contributed by atoms with Crippen LogP contribution in [0.25, 0.3) is 0 Å². The van der Waals surface area contributed by atoms with Crippen molar-refractivity contribution < 1.29 is 24.2 Å². The minimum atomic E-state index is -1.15. The summed E-state index contributed by atoms with van der Waals surface area (Å²) in [5, 5.41) is 8.56. The summed E-state index contributed by atoms with van der Waals surface area (Å²) in [6, 6.07) is 0. The molecule has 80 valence electrons. The van der Waals surface area contributed by atoms with Crippen molar-refractivity contribution in [2.24, 2.45) is 5.92 Å². The van der Waals surface area contributed by atoms with Crippen molar-refractivity contribution in [1.82, 2.24) is 0 Å². The molecule has 0 amide bonds. The number of hydrogen-bond donors (Lipinski definition) is 1. The second-order valence-corrected chi connectivity index (χ2v) is 2.40. The fourth-order valence-corrected chi connectivity index (χ4v) is 0.619. The Hall–Kier alpha value is -2.17. The lowest BCUT2D eigenvalue weighted by Gasteiger charge is -1.98. The SMILES string of the molecule is C=CC(=O)OC(=O)C=CC(C=C)C(=O)O. The monoisotopic (exact) mass is 210 g/mol. The van der Waals surface area contributed by atoms with E-state index in [-0.39, 0.29) is 0 Å². The van der Waals surface area contributed by atoms with Crippen LogP contribution in [0, 0.1) is 5.92 Å². The van der Waals surface area contributed by atoms with E-state index in [1.807, 2.05) is 0 Å². The van der Waals surface area contributed by atoms with Gasteiger partial charge in [-0.2, -0.15) is 0 Å². The van der Waals surface area contributed by atoms with Gasteiger partial charge in [-0.15, -0.1) is 6.58 Å². The highest BCUT2D eigenvalue weighted by Gasteiger charge is 2.10. The quantitative estimate of drug-likeness (QED) is 0.312. The van der Waals surface area contributed by atoms with Crippen molar-refractivity contribution in [1.29, 1.82) is 0 Å². The first kappa shape index (κ1) is 12.8. The van der Waals surface area contributed by atoms with Crippen LogP contribution in [0.4, 0.5) is 0 Å². The van der Waals surface area contributed by atoms with E-state index in [1.54, 1.807) is 0 Å². The summed E-state index contributed by atoms with van der Waals surface area (Å²) in [5.74, 6) is -3.98. The number of hydrogen-bond acceptors (Lipinski definition) is 4. The molecule has 0 aromatic rings. The molecule has 0 radical (unpaired) electrons. The highest BCUT2D eigenvalue weighted by molar-refractivity contribution is 5.96. The van der Waals surface area contributed by atoms with Gasteiger partial charge in [0.15, 0.2) is 0 Å². The van der Waals surface area contributed by atoms with Crippen LogP contribution in [0.5, 0.6) is 0 Å². The van der Waals surface area contributed by atoms with Crippen molar-refractivity contribution >= 4 is 17.9 Å². The summed E-state index contributed by atoms with van der Waals surface area (Å²) in [6.07, 6.45) is 3.88. The Labute approximate surface area is 86.3 Å². The Balaban J connectivity index is 4.32. The van der Waals surface area contributed by atoms with Gasteiger partial charge in [0.25, 0.3) is 0 Å². The van der Waals surface area contributed by atoms with Gasteiger partial charge in [0.1, 0.15) is 0 Å². The largest absolute Gasteiger partial charge is 0.481 e.